The summed E-state index contributed by atoms with van der Waals surface area (Å²) in [5.74, 6) is 0.884. The van der Waals surface area contributed by atoms with Gasteiger partial charge in [-0.05, 0) is 23.2 Å². The van der Waals surface area contributed by atoms with Crippen LogP contribution in [0.25, 0.3) is 0 Å². The van der Waals surface area contributed by atoms with E-state index in [0.717, 1.165) is 5.92 Å². The molecule has 72 valence electrons. The summed E-state index contributed by atoms with van der Waals surface area (Å²) in [5, 5.41) is 0. The maximum atomic E-state index is 2.45. The van der Waals surface area contributed by atoms with E-state index in [1.807, 2.05) is 0 Å². The van der Waals surface area contributed by atoms with Gasteiger partial charge in [0.05, 0.1) is 0 Å². The first-order valence-electron chi connectivity index (χ1n) is 5.38. The molecule has 0 aromatic rings. The normalized spacial score (nSPS) is 34.2. The molecule has 1 atom stereocenters. The van der Waals surface area contributed by atoms with Gasteiger partial charge in [0, 0.05) is 0 Å². The molecule has 0 N–H and O–H groups in total. The molecule has 0 amide bonds. The minimum absolute atomic E-state index is 0.517. The van der Waals surface area contributed by atoms with Crippen molar-refractivity contribution in [1.82, 2.24) is 0 Å². The van der Waals surface area contributed by atoms with Crippen LogP contribution in [0.1, 0.15) is 60.3 Å². The second-order valence-electron chi connectivity index (χ2n) is 5.75. The lowest BCUT2D eigenvalue weighted by Crippen LogP contribution is -2.36. The zero-order valence-corrected chi connectivity index (χ0v) is 9.41. The van der Waals surface area contributed by atoms with E-state index in [1.165, 1.54) is 25.7 Å². The maximum absolute atomic E-state index is 2.45. The summed E-state index contributed by atoms with van der Waals surface area (Å²) in [5.41, 5.74) is 1.05. The zero-order chi connectivity index (χ0) is 9.41. The van der Waals surface area contributed by atoms with Gasteiger partial charge in [-0.2, -0.15) is 0 Å². The predicted octanol–water partition coefficient (Wildman–Crippen LogP) is 4.25. The monoisotopic (exact) mass is 168 g/mol. The Kier molecular flexibility index (Phi) is 2.56. The molecule has 0 aromatic heterocycles. The fourth-order valence-electron chi connectivity index (χ4n) is 2.37. The van der Waals surface area contributed by atoms with Crippen LogP contribution in [0.15, 0.2) is 0 Å². The van der Waals surface area contributed by atoms with Crippen LogP contribution in [0.3, 0.4) is 0 Å². The topological polar surface area (TPSA) is 0 Å². The van der Waals surface area contributed by atoms with Gasteiger partial charge in [0.25, 0.3) is 0 Å². The van der Waals surface area contributed by atoms with E-state index in [0.29, 0.717) is 10.8 Å². The van der Waals surface area contributed by atoms with Crippen LogP contribution >= 0.6 is 0 Å². The molecular weight excluding hydrogens is 144 g/mol. The Balaban J connectivity index is 2.86. The summed E-state index contributed by atoms with van der Waals surface area (Å²) in [6.45, 7) is 12.2. The minimum Gasteiger partial charge on any atom is -0.0620 e. The van der Waals surface area contributed by atoms with Crippen molar-refractivity contribution in [3.63, 3.8) is 0 Å². The van der Waals surface area contributed by atoms with Crippen LogP contribution in [0.2, 0.25) is 0 Å². The summed E-state index contributed by atoms with van der Waals surface area (Å²) in [6.07, 6.45) is 5.70. The fourth-order valence-corrected chi connectivity index (χ4v) is 2.37. The van der Waals surface area contributed by atoms with Gasteiger partial charge in [0.1, 0.15) is 0 Å². The van der Waals surface area contributed by atoms with Crippen molar-refractivity contribution in [2.24, 2.45) is 16.7 Å². The first-order valence-corrected chi connectivity index (χ1v) is 5.38. The second kappa shape index (κ2) is 3.05. The molecule has 0 heterocycles. The van der Waals surface area contributed by atoms with E-state index in [2.05, 4.69) is 34.6 Å². The third-order valence-electron chi connectivity index (χ3n) is 4.67. The summed E-state index contributed by atoms with van der Waals surface area (Å²) in [7, 11) is 0. The molecule has 1 unspecified atom stereocenters. The molecule has 1 fully saturated rings. The highest BCUT2D eigenvalue weighted by Gasteiger charge is 2.41. The van der Waals surface area contributed by atoms with Crippen molar-refractivity contribution >= 4 is 0 Å². The average molecular weight is 168 g/mol. The molecular formula is C12H24. The second-order valence-corrected chi connectivity index (χ2v) is 5.75. The van der Waals surface area contributed by atoms with Crippen molar-refractivity contribution < 1.29 is 0 Å². The molecule has 1 aliphatic carbocycles. The number of hydrogen-bond acceptors (Lipinski definition) is 0. The number of hydrogen-bond donors (Lipinski definition) is 0. The smallest absolute Gasteiger partial charge is 0.0277 e. The van der Waals surface area contributed by atoms with Gasteiger partial charge in [-0.25, -0.2) is 0 Å². The Morgan fingerprint density at radius 1 is 1.00 bits per heavy atom. The molecule has 0 saturated heterocycles. The highest BCUT2D eigenvalue weighted by atomic mass is 14.5. The van der Waals surface area contributed by atoms with Gasteiger partial charge >= 0.3 is 0 Å². The molecule has 0 heteroatoms. The van der Waals surface area contributed by atoms with Gasteiger partial charge in [-0.1, -0.05) is 53.9 Å². The summed E-state index contributed by atoms with van der Waals surface area (Å²) in [4.78, 5) is 0. The van der Waals surface area contributed by atoms with Gasteiger partial charge in [0.2, 0.25) is 0 Å². The molecule has 0 aromatic carbocycles. The summed E-state index contributed by atoms with van der Waals surface area (Å²) >= 11 is 0. The van der Waals surface area contributed by atoms with Crippen LogP contribution in [-0.2, 0) is 0 Å². The third-order valence-corrected chi connectivity index (χ3v) is 4.67. The largest absolute Gasteiger partial charge is 0.0620 e. The first kappa shape index (κ1) is 10.1. The Hall–Kier alpha value is 0. The average Bonchev–Trinajstić information content (AvgIpc) is 2.02. The number of rotatable bonds is 0. The molecule has 12 heavy (non-hydrogen) atoms. The maximum Gasteiger partial charge on any atom is -0.0277 e. The van der Waals surface area contributed by atoms with Gasteiger partial charge in [0.15, 0.2) is 0 Å². The predicted molar refractivity (Wildman–Crippen MR) is 55.2 cm³/mol. The van der Waals surface area contributed by atoms with Crippen LogP contribution in [0, 0.1) is 16.7 Å². The van der Waals surface area contributed by atoms with Crippen molar-refractivity contribution in [3.05, 3.63) is 0 Å². The lowest BCUT2D eigenvalue weighted by molar-refractivity contribution is 0.0510. The van der Waals surface area contributed by atoms with Gasteiger partial charge in [-0.3, -0.25) is 0 Å². The molecule has 0 radical (unpaired) electrons. The van der Waals surface area contributed by atoms with Gasteiger partial charge < -0.3 is 0 Å². The SMILES string of the molecule is CC1CCCCC(C)(C)C1(C)C. The van der Waals surface area contributed by atoms with Crippen LogP contribution in [0.4, 0.5) is 0 Å². The molecule has 1 saturated carbocycles. The Labute approximate surface area is 77.7 Å². The van der Waals surface area contributed by atoms with Crippen molar-refractivity contribution in [3.8, 4) is 0 Å². The van der Waals surface area contributed by atoms with E-state index < -0.39 is 0 Å². The van der Waals surface area contributed by atoms with E-state index in [9.17, 15) is 0 Å². The molecule has 1 rings (SSSR count). The lowest BCUT2D eigenvalue weighted by atomic mass is 9.61. The standard InChI is InChI=1S/C12H24/c1-10-8-6-7-9-11(2,3)12(10,4)5/h10H,6-9H2,1-5H3. The highest BCUT2D eigenvalue weighted by molar-refractivity contribution is 4.91. The quantitative estimate of drug-likeness (QED) is 0.474. The van der Waals surface area contributed by atoms with Gasteiger partial charge in [-0.15, -0.1) is 0 Å². The molecule has 0 spiro atoms. The molecule has 0 aliphatic heterocycles. The minimum atomic E-state index is 0.517. The lowest BCUT2D eigenvalue weighted by Gasteiger charge is -2.44. The Bertz CT molecular complexity index is 153. The van der Waals surface area contributed by atoms with E-state index in [-0.39, 0.29) is 0 Å². The van der Waals surface area contributed by atoms with Crippen molar-refractivity contribution in [1.29, 1.82) is 0 Å². The first-order chi connectivity index (χ1) is 5.38. The zero-order valence-electron chi connectivity index (χ0n) is 9.41. The van der Waals surface area contributed by atoms with Crippen LogP contribution in [-0.4, -0.2) is 0 Å². The third kappa shape index (κ3) is 1.53. The summed E-state index contributed by atoms with van der Waals surface area (Å²) in [6, 6.07) is 0. The van der Waals surface area contributed by atoms with E-state index in [4.69, 9.17) is 0 Å². The molecule has 0 bridgehead atoms. The molecule has 1 aliphatic rings. The van der Waals surface area contributed by atoms with Crippen molar-refractivity contribution in [2.45, 2.75) is 60.3 Å². The fraction of sp³-hybridized carbons (Fsp3) is 1.00. The van der Waals surface area contributed by atoms with E-state index in [1.54, 1.807) is 0 Å². The van der Waals surface area contributed by atoms with Crippen LogP contribution in [0.5, 0.6) is 0 Å². The van der Waals surface area contributed by atoms with Crippen LogP contribution < -0.4 is 0 Å². The Morgan fingerprint density at radius 2 is 1.58 bits per heavy atom. The van der Waals surface area contributed by atoms with E-state index >= 15 is 0 Å². The molecule has 0 nitrogen and oxygen atoms in total. The summed E-state index contributed by atoms with van der Waals surface area (Å²) < 4.78 is 0. The Morgan fingerprint density at radius 3 is 2.17 bits per heavy atom. The van der Waals surface area contributed by atoms with Crippen molar-refractivity contribution in [2.75, 3.05) is 0 Å². The highest BCUT2D eigenvalue weighted by Crippen LogP contribution is 2.51.